The van der Waals surface area contributed by atoms with Crippen LogP contribution in [0.5, 0.6) is 0 Å². The van der Waals surface area contributed by atoms with Crippen molar-refractivity contribution in [1.82, 2.24) is 4.98 Å². The second-order valence-corrected chi connectivity index (χ2v) is 3.54. The van der Waals surface area contributed by atoms with Crippen molar-refractivity contribution in [3.05, 3.63) is 10.6 Å². The van der Waals surface area contributed by atoms with Crippen LogP contribution in [0.2, 0.25) is 0 Å². The van der Waals surface area contributed by atoms with Crippen LogP contribution >= 0.6 is 11.3 Å². The van der Waals surface area contributed by atoms with Crippen LogP contribution in [0, 0.1) is 13.8 Å². The maximum atomic E-state index is 10.6. The van der Waals surface area contributed by atoms with Gasteiger partial charge in [-0.2, -0.15) is 0 Å². The van der Waals surface area contributed by atoms with Crippen molar-refractivity contribution in [2.75, 3.05) is 5.32 Å². The Bertz CT molecular complexity index is 260. The van der Waals surface area contributed by atoms with Crippen molar-refractivity contribution < 1.29 is 4.79 Å². The van der Waals surface area contributed by atoms with E-state index >= 15 is 0 Å². The number of thiazole rings is 1. The first-order valence-corrected chi connectivity index (χ1v) is 4.13. The molecule has 1 amide bonds. The number of aryl methyl sites for hydroxylation is 2. The topological polar surface area (TPSA) is 42.0 Å². The van der Waals surface area contributed by atoms with Crippen LogP contribution in [0.4, 0.5) is 5.13 Å². The van der Waals surface area contributed by atoms with Crippen molar-refractivity contribution in [1.29, 1.82) is 0 Å². The van der Waals surface area contributed by atoms with E-state index in [2.05, 4.69) is 10.3 Å². The molecule has 11 heavy (non-hydrogen) atoms. The summed E-state index contributed by atoms with van der Waals surface area (Å²) in [4.78, 5) is 15.9. The average Bonchev–Trinajstić information content (AvgIpc) is 2.10. The molecule has 0 radical (unpaired) electrons. The lowest BCUT2D eigenvalue weighted by Crippen LogP contribution is -2.04. The van der Waals surface area contributed by atoms with Crippen molar-refractivity contribution >= 4 is 22.4 Å². The molecule has 0 aliphatic rings. The van der Waals surface area contributed by atoms with Gasteiger partial charge in [0.25, 0.3) is 0 Å². The number of anilines is 1. The number of amides is 1. The van der Waals surface area contributed by atoms with Gasteiger partial charge in [-0.1, -0.05) is 0 Å². The molecule has 0 aromatic carbocycles. The van der Waals surface area contributed by atoms with E-state index in [1.165, 1.54) is 18.3 Å². The Morgan fingerprint density at radius 3 is 2.55 bits per heavy atom. The minimum Gasteiger partial charge on any atom is -0.302 e. The lowest BCUT2D eigenvalue weighted by Gasteiger charge is -1.91. The molecule has 0 aliphatic heterocycles. The molecule has 0 aliphatic carbocycles. The Hall–Kier alpha value is -0.900. The van der Waals surface area contributed by atoms with Gasteiger partial charge in [0.2, 0.25) is 5.91 Å². The summed E-state index contributed by atoms with van der Waals surface area (Å²) in [7, 11) is 0. The monoisotopic (exact) mass is 170 g/mol. The summed E-state index contributed by atoms with van der Waals surface area (Å²) >= 11 is 1.50. The third-order valence-corrected chi connectivity index (χ3v) is 2.30. The lowest BCUT2D eigenvalue weighted by molar-refractivity contribution is -0.114. The molecule has 60 valence electrons. The molecule has 3 nitrogen and oxygen atoms in total. The second-order valence-electron chi connectivity index (χ2n) is 2.34. The fourth-order valence-electron chi connectivity index (χ4n) is 0.677. The predicted octanol–water partition coefficient (Wildman–Crippen LogP) is 1.72. The first-order valence-electron chi connectivity index (χ1n) is 3.31. The average molecular weight is 170 g/mol. The second kappa shape index (κ2) is 3.00. The van der Waals surface area contributed by atoms with Crippen molar-refractivity contribution in [3.8, 4) is 0 Å². The minimum absolute atomic E-state index is 0.0706. The van der Waals surface area contributed by atoms with Gasteiger partial charge in [0, 0.05) is 11.8 Å². The summed E-state index contributed by atoms with van der Waals surface area (Å²) < 4.78 is 0. The number of rotatable bonds is 1. The molecule has 1 heterocycles. The van der Waals surface area contributed by atoms with Crippen LogP contribution < -0.4 is 5.32 Å². The first-order chi connectivity index (χ1) is 5.09. The van der Waals surface area contributed by atoms with Gasteiger partial charge >= 0.3 is 0 Å². The van der Waals surface area contributed by atoms with Gasteiger partial charge in [0.1, 0.15) is 0 Å². The van der Waals surface area contributed by atoms with Gasteiger partial charge in [-0.3, -0.25) is 4.79 Å². The third-order valence-electron chi connectivity index (χ3n) is 1.31. The predicted molar refractivity (Wildman–Crippen MR) is 45.9 cm³/mol. The Balaban J connectivity index is 2.81. The summed E-state index contributed by atoms with van der Waals surface area (Å²) in [6.45, 7) is 5.39. The zero-order valence-corrected chi connectivity index (χ0v) is 7.58. The number of carbonyl (C=O) groups is 1. The van der Waals surface area contributed by atoms with E-state index in [0.29, 0.717) is 5.13 Å². The summed E-state index contributed by atoms with van der Waals surface area (Å²) in [6.07, 6.45) is 0. The molecule has 0 unspecified atom stereocenters. The molecule has 0 saturated heterocycles. The third kappa shape index (κ3) is 2.01. The van der Waals surface area contributed by atoms with Gasteiger partial charge in [-0.25, -0.2) is 4.98 Å². The van der Waals surface area contributed by atoms with Crippen LogP contribution in [0.3, 0.4) is 0 Å². The Morgan fingerprint density at radius 2 is 2.18 bits per heavy atom. The van der Waals surface area contributed by atoms with Crippen LogP contribution in [0.1, 0.15) is 17.5 Å². The van der Waals surface area contributed by atoms with Gasteiger partial charge in [-0.15, -0.1) is 11.3 Å². The number of nitrogens with zero attached hydrogens (tertiary/aromatic N) is 1. The summed E-state index contributed by atoms with van der Waals surface area (Å²) in [5, 5.41) is 3.32. The van der Waals surface area contributed by atoms with Crippen LogP contribution in [0.25, 0.3) is 0 Å². The molecule has 0 bridgehead atoms. The van der Waals surface area contributed by atoms with Gasteiger partial charge in [0.15, 0.2) is 5.13 Å². The molecule has 0 fully saturated rings. The van der Waals surface area contributed by atoms with Crippen molar-refractivity contribution in [2.24, 2.45) is 0 Å². The highest BCUT2D eigenvalue weighted by atomic mass is 32.1. The molecule has 1 N–H and O–H groups in total. The number of hydrogen-bond donors (Lipinski definition) is 1. The summed E-state index contributed by atoms with van der Waals surface area (Å²) in [5.41, 5.74) is 0.985. The zero-order chi connectivity index (χ0) is 8.43. The molecular formula is C7H10N2OS. The van der Waals surface area contributed by atoms with Gasteiger partial charge < -0.3 is 5.32 Å². The number of aromatic nitrogens is 1. The highest BCUT2D eigenvalue weighted by Crippen LogP contribution is 2.20. The van der Waals surface area contributed by atoms with E-state index in [-0.39, 0.29) is 5.91 Å². The zero-order valence-electron chi connectivity index (χ0n) is 6.76. The van der Waals surface area contributed by atoms with Crippen LogP contribution in [-0.4, -0.2) is 10.9 Å². The minimum atomic E-state index is -0.0706. The highest BCUT2D eigenvalue weighted by molar-refractivity contribution is 7.15. The molecule has 0 atom stereocenters. The molecule has 4 heteroatoms. The lowest BCUT2D eigenvalue weighted by atomic mass is 10.4. The quantitative estimate of drug-likeness (QED) is 0.697. The fraction of sp³-hybridized carbons (Fsp3) is 0.429. The number of carbonyl (C=O) groups excluding carboxylic acids is 1. The Labute approximate surface area is 69.5 Å². The molecule has 0 spiro atoms. The summed E-state index contributed by atoms with van der Waals surface area (Å²) in [5.74, 6) is -0.0706. The molecule has 1 aromatic rings. The molecule has 1 aromatic heterocycles. The van der Waals surface area contributed by atoms with E-state index in [1.54, 1.807) is 0 Å². The van der Waals surface area contributed by atoms with E-state index in [9.17, 15) is 4.79 Å². The molecular weight excluding hydrogens is 160 g/mol. The van der Waals surface area contributed by atoms with E-state index in [1.807, 2.05) is 13.8 Å². The number of hydrogen-bond acceptors (Lipinski definition) is 3. The number of nitrogens with one attached hydrogen (secondary N) is 1. The Morgan fingerprint density at radius 1 is 1.55 bits per heavy atom. The van der Waals surface area contributed by atoms with Crippen LogP contribution in [0.15, 0.2) is 0 Å². The van der Waals surface area contributed by atoms with E-state index in [0.717, 1.165) is 10.6 Å². The molecule has 0 saturated carbocycles. The fourth-order valence-corrected chi connectivity index (χ4v) is 1.54. The van der Waals surface area contributed by atoms with Gasteiger partial charge in [-0.05, 0) is 13.8 Å². The smallest absolute Gasteiger partial charge is 0.223 e. The first kappa shape index (κ1) is 8.20. The standard InChI is InChI=1S/C7H10N2OS/c1-4-5(2)11-7(8-4)9-6(3)10/h1-3H3,(H,8,9,10). The maximum absolute atomic E-state index is 10.6. The van der Waals surface area contributed by atoms with Crippen molar-refractivity contribution in [3.63, 3.8) is 0 Å². The highest BCUT2D eigenvalue weighted by Gasteiger charge is 2.03. The normalized spacial score (nSPS) is 9.73. The SMILES string of the molecule is CC(=O)Nc1nc(C)c(C)s1. The van der Waals surface area contributed by atoms with Gasteiger partial charge in [0.05, 0.1) is 5.69 Å². The maximum Gasteiger partial charge on any atom is 0.223 e. The van der Waals surface area contributed by atoms with Crippen LogP contribution in [-0.2, 0) is 4.79 Å². The van der Waals surface area contributed by atoms with E-state index in [4.69, 9.17) is 0 Å². The molecule has 1 rings (SSSR count). The summed E-state index contributed by atoms with van der Waals surface area (Å²) in [6, 6.07) is 0. The largest absolute Gasteiger partial charge is 0.302 e. The van der Waals surface area contributed by atoms with E-state index < -0.39 is 0 Å². The van der Waals surface area contributed by atoms with Crippen molar-refractivity contribution in [2.45, 2.75) is 20.8 Å². The Kier molecular flexibility index (Phi) is 2.24.